The Morgan fingerprint density at radius 2 is 1.96 bits per heavy atom. The molecule has 2 N–H and O–H groups in total. The highest BCUT2D eigenvalue weighted by atomic mass is 16.5. The molecule has 2 heterocycles. The van der Waals surface area contributed by atoms with Gasteiger partial charge in [-0.1, -0.05) is 6.92 Å². The van der Waals surface area contributed by atoms with Crippen LogP contribution in [0.3, 0.4) is 0 Å². The fourth-order valence-electron chi connectivity index (χ4n) is 3.23. The number of piperidine rings is 1. The topological polar surface area (TPSA) is 79.4 Å². The molecular weight excluding hydrogens is 354 g/mol. The lowest BCUT2D eigenvalue weighted by Gasteiger charge is -2.32. The van der Waals surface area contributed by atoms with E-state index in [2.05, 4.69) is 44.6 Å². The van der Waals surface area contributed by atoms with Crippen LogP contribution in [0.15, 0.2) is 36.7 Å². The van der Waals surface area contributed by atoms with E-state index >= 15 is 0 Å². The van der Waals surface area contributed by atoms with E-state index in [9.17, 15) is 4.79 Å². The number of rotatable bonds is 8. The third-order valence-electron chi connectivity index (χ3n) is 5.00. The molecule has 28 heavy (non-hydrogen) atoms. The first-order chi connectivity index (χ1) is 13.7. The number of amides is 1. The third-order valence-corrected chi connectivity index (χ3v) is 5.00. The molecule has 0 radical (unpaired) electrons. The summed E-state index contributed by atoms with van der Waals surface area (Å²) in [5, 5.41) is 6.07. The minimum atomic E-state index is -0.212. The van der Waals surface area contributed by atoms with Crippen molar-refractivity contribution in [2.75, 3.05) is 43.6 Å². The number of anilines is 3. The summed E-state index contributed by atoms with van der Waals surface area (Å²) in [5.74, 6) is 1.20. The van der Waals surface area contributed by atoms with Gasteiger partial charge in [0.1, 0.15) is 17.8 Å². The fourth-order valence-corrected chi connectivity index (χ4v) is 3.23. The SMILES string of the molecule is COCCCNC(=O)c1cc(Nc2ccc(N3CCC(C)CC3)cc2)ncn1. The largest absolute Gasteiger partial charge is 0.385 e. The zero-order valence-corrected chi connectivity index (χ0v) is 16.6. The van der Waals surface area contributed by atoms with Gasteiger partial charge in [0, 0.05) is 50.8 Å². The van der Waals surface area contributed by atoms with Crippen LogP contribution >= 0.6 is 0 Å². The Morgan fingerprint density at radius 3 is 2.68 bits per heavy atom. The van der Waals surface area contributed by atoms with Crippen LogP contribution in [0.4, 0.5) is 17.2 Å². The van der Waals surface area contributed by atoms with E-state index in [0.29, 0.717) is 24.7 Å². The molecule has 1 aromatic heterocycles. The smallest absolute Gasteiger partial charge is 0.270 e. The van der Waals surface area contributed by atoms with E-state index in [1.165, 1.54) is 24.9 Å². The van der Waals surface area contributed by atoms with Crippen molar-refractivity contribution in [1.29, 1.82) is 0 Å². The van der Waals surface area contributed by atoms with Crippen LogP contribution < -0.4 is 15.5 Å². The van der Waals surface area contributed by atoms with E-state index in [4.69, 9.17) is 4.74 Å². The summed E-state index contributed by atoms with van der Waals surface area (Å²) in [5.41, 5.74) is 2.52. The van der Waals surface area contributed by atoms with Gasteiger partial charge in [0.05, 0.1) is 0 Å². The second-order valence-corrected chi connectivity index (χ2v) is 7.23. The van der Waals surface area contributed by atoms with Crippen LogP contribution in [-0.4, -0.2) is 49.2 Å². The number of aromatic nitrogens is 2. The molecule has 1 fully saturated rings. The van der Waals surface area contributed by atoms with Crippen LogP contribution in [0.1, 0.15) is 36.7 Å². The lowest BCUT2D eigenvalue weighted by Crippen LogP contribution is -2.32. The predicted molar refractivity (Wildman–Crippen MR) is 111 cm³/mol. The third kappa shape index (κ3) is 5.66. The molecule has 0 saturated carbocycles. The maximum atomic E-state index is 12.2. The molecule has 0 spiro atoms. The molecule has 1 aliphatic heterocycles. The average Bonchev–Trinajstić information content (AvgIpc) is 2.72. The van der Waals surface area contributed by atoms with Crippen LogP contribution in [0.25, 0.3) is 0 Å². The van der Waals surface area contributed by atoms with Gasteiger partial charge in [-0.05, 0) is 49.4 Å². The van der Waals surface area contributed by atoms with Crippen molar-refractivity contribution in [3.63, 3.8) is 0 Å². The van der Waals surface area contributed by atoms with E-state index in [1.807, 2.05) is 12.1 Å². The normalized spacial score (nSPS) is 14.7. The fraction of sp³-hybridized carbons (Fsp3) is 0.476. The number of methoxy groups -OCH3 is 1. The summed E-state index contributed by atoms with van der Waals surface area (Å²) in [6, 6.07) is 10.00. The molecule has 1 aliphatic rings. The average molecular weight is 383 g/mol. The van der Waals surface area contributed by atoms with Crippen molar-refractivity contribution < 1.29 is 9.53 Å². The highest BCUT2D eigenvalue weighted by Gasteiger charge is 2.16. The highest BCUT2D eigenvalue weighted by Crippen LogP contribution is 2.25. The molecule has 3 rings (SSSR count). The van der Waals surface area contributed by atoms with E-state index in [1.54, 1.807) is 13.2 Å². The Kier molecular flexibility index (Phi) is 7.19. The maximum Gasteiger partial charge on any atom is 0.270 e. The quantitative estimate of drug-likeness (QED) is 0.682. The predicted octanol–water partition coefficient (Wildman–Crippen LogP) is 3.22. The molecule has 1 amide bonds. The summed E-state index contributed by atoms with van der Waals surface area (Å²) >= 11 is 0. The van der Waals surface area contributed by atoms with Gasteiger partial charge < -0.3 is 20.3 Å². The van der Waals surface area contributed by atoms with Crippen molar-refractivity contribution in [2.24, 2.45) is 5.92 Å². The zero-order chi connectivity index (χ0) is 19.8. The van der Waals surface area contributed by atoms with Crippen molar-refractivity contribution in [3.8, 4) is 0 Å². The van der Waals surface area contributed by atoms with E-state index < -0.39 is 0 Å². The standard InChI is InChI=1S/C21H29N5O2/c1-16-8-11-26(12-9-16)18-6-4-17(5-7-18)25-20-14-19(23-15-24-20)21(27)22-10-3-13-28-2/h4-7,14-16H,3,8-13H2,1-2H3,(H,22,27)(H,23,24,25). The molecule has 0 bridgehead atoms. The number of carbonyl (C=O) groups is 1. The molecule has 7 nitrogen and oxygen atoms in total. The van der Waals surface area contributed by atoms with Crippen molar-refractivity contribution in [3.05, 3.63) is 42.4 Å². The molecule has 1 aromatic carbocycles. The van der Waals surface area contributed by atoms with Gasteiger partial charge in [0.2, 0.25) is 0 Å². The Balaban J connectivity index is 1.57. The van der Waals surface area contributed by atoms with Crippen LogP contribution in [0.2, 0.25) is 0 Å². The minimum absolute atomic E-state index is 0.212. The van der Waals surface area contributed by atoms with Gasteiger partial charge in [-0.15, -0.1) is 0 Å². The summed E-state index contributed by atoms with van der Waals surface area (Å²) < 4.78 is 4.98. The Labute approximate surface area is 166 Å². The Bertz CT molecular complexity index is 758. The van der Waals surface area contributed by atoms with Crippen LogP contribution in [-0.2, 0) is 4.74 Å². The lowest BCUT2D eigenvalue weighted by atomic mass is 9.99. The first-order valence-electron chi connectivity index (χ1n) is 9.87. The Hall–Kier alpha value is -2.67. The molecule has 7 heteroatoms. The molecular formula is C21H29N5O2. The van der Waals surface area contributed by atoms with Gasteiger partial charge in [0.15, 0.2) is 0 Å². The summed E-state index contributed by atoms with van der Waals surface area (Å²) in [6.07, 6.45) is 4.66. The minimum Gasteiger partial charge on any atom is -0.385 e. The Morgan fingerprint density at radius 1 is 1.21 bits per heavy atom. The number of hydrogen-bond donors (Lipinski definition) is 2. The summed E-state index contributed by atoms with van der Waals surface area (Å²) in [7, 11) is 1.64. The van der Waals surface area contributed by atoms with E-state index in [-0.39, 0.29) is 5.91 Å². The molecule has 0 unspecified atom stereocenters. The van der Waals surface area contributed by atoms with Gasteiger partial charge in [0.25, 0.3) is 5.91 Å². The molecule has 2 aromatic rings. The number of nitrogens with one attached hydrogen (secondary N) is 2. The molecule has 0 aliphatic carbocycles. The van der Waals surface area contributed by atoms with Crippen LogP contribution in [0.5, 0.6) is 0 Å². The van der Waals surface area contributed by atoms with Crippen LogP contribution in [0, 0.1) is 5.92 Å². The second-order valence-electron chi connectivity index (χ2n) is 7.23. The second kappa shape index (κ2) is 10.0. The number of ether oxygens (including phenoxy) is 1. The highest BCUT2D eigenvalue weighted by molar-refractivity contribution is 5.92. The van der Waals surface area contributed by atoms with Gasteiger partial charge in [-0.25, -0.2) is 9.97 Å². The van der Waals surface area contributed by atoms with E-state index in [0.717, 1.165) is 31.1 Å². The molecule has 0 atom stereocenters. The van der Waals surface area contributed by atoms with Gasteiger partial charge in [-0.2, -0.15) is 0 Å². The number of hydrogen-bond acceptors (Lipinski definition) is 6. The van der Waals surface area contributed by atoms with Crippen molar-refractivity contribution in [2.45, 2.75) is 26.2 Å². The van der Waals surface area contributed by atoms with Gasteiger partial charge >= 0.3 is 0 Å². The molecule has 1 saturated heterocycles. The maximum absolute atomic E-state index is 12.2. The first kappa shape index (κ1) is 20.1. The number of carbonyl (C=O) groups excluding carboxylic acids is 1. The van der Waals surface area contributed by atoms with Crippen molar-refractivity contribution in [1.82, 2.24) is 15.3 Å². The first-order valence-corrected chi connectivity index (χ1v) is 9.87. The summed E-state index contributed by atoms with van der Waals surface area (Å²) in [6.45, 7) is 5.71. The summed E-state index contributed by atoms with van der Waals surface area (Å²) in [4.78, 5) is 22.9. The monoisotopic (exact) mass is 383 g/mol. The van der Waals surface area contributed by atoms with Crippen molar-refractivity contribution >= 4 is 23.1 Å². The zero-order valence-electron chi connectivity index (χ0n) is 16.6. The lowest BCUT2D eigenvalue weighted by molar-refractivity contribution is 0.0943. The van der Waals surface area contributed by atoms with Gasteiger partial charge in [-0.3, -0.25) is 4.79 Å². The number of benzene rings is 1. The molecule has 150 valence electrons. The number of nitrogens with zero attached hydrogens (tertiary/aromatic N) is 3.